The Morgan fingerprint density at radius 2 is 1.90 bits per heavy atom. The minimum atomic E-state index is -0.204. The Morgan fingerprint density at radius 3 is 2.65 bits per heavy atom. The summed E-state index contributed by atoms with van der Waals surface area (Å²) in [7, 11) is 1.50. The van der Waals surface area contributed by atoms with Gasteiger partial charge in [-0.05, 0) is 18.2 Å². The first-order valence-electron chi connectivity index (χ1n) is 6.06. The molecule has 0 saturated carbocycles. The fraction of sp³-hybridized carbons (Fsp3) is 0.0667. The highest BCUT2D eigenvalue weighted by Gasteiger charge is 2.15. The van der Waals surface area contributed by atoms with Crippen molar-refractivity contribution in [1.82, 2.24) is 15.2 Å². The van der Waals surface area contributed by atoms with Crippen molar-refractivity contribution < 1.29 is 9.53 Å². The van der Waals surface area contributed by atoms with E-state index < -0.39 is 0 Å². The summed E-state index contributed by atoms with van der Waals surface area (Å²) in [5.74, 6) is 0.169. The molecule has 20 heavy (non-hydrogen) atoms. The molecule has 0 unspecified atom stereocenters. The Kier molecular flexibility index (Phi) is 3.09. The Morgan fingerprint density at radius 1 is 1.05 bits per heavy atom. The van der Waals surface area contributed by atoms with Crippen LogP contribution >= 0.6 is 0 Å². The van der Waals surface area contributed by atoms with Crippen molar-refractivity contribution in [1.29, 1.82) is 0 Å². The van der Waals surface area contributed by atoms with Crippen molar-refractivity contribution in [2.45, 2.75) is 0 Å². The number of benzene rings is 1. The van der Waals surface area contributed by atoms with E-state index in [9.17, 15) is 4.79 Å². The maximum absolute atomic E-state index is 12.5. The van der Waals surface area contributed by atoms with E-state index in [2.05, 4.69) is 15.2 Å². The van der Waals surface area contributed by atoms with E-state index in [0.29, 0.717) is 17.0 Å². The first-order valence-corrected chi connectivity index (χ1v) is 6.06. The molecular formula is C15H11N3O2. The highest BCUT2D eigenvalue weighted by atomic mass is 16.5. The van der Waals surface area contributed by atoms with Crippen molar-refractivity contribution in [3.05, 3.63) is 59.9 Å². The van der Waals surface area contributed by atoms with Crippen LogP contribution in [0.1, 0.15) is 16.1 Å². The zero-order valence-electron chi connectivity index (χ0n) is 10.8. The number of nitrogens with zero attached hydrogens (tertiary/aromatic N) is 3. The predicted octanol–water partition coefficient (Wildman–Crippen LogP) is 2.26. The average molecular weight is 265 g/mol. The van der Waals surface area contributed by atoms with Crippen molar-refractivity contribution in [3.63, 3.8) is 0 Å². The van der Waals surface area contributed by atoms with Crippen molar-refractivity contribution >= 4 is 16.7 Å². The molecule has 5 heteroatoms. The summed E-state index contributed by atoms with van der Waals surface area (Å²) < 4.78 is 4.93. The summed E-state index contributed by atoms with van der Waals surface area (Å²) in [5.41, 5.74) is 1.45. The van der Waals surface area contributed by atoms with E-state index >= 15 is 0 Å². The number of ketones is 1. The number of hydrogen-bond acceptors (Lipinski definition) is 5. The minimum absolute atomic E-state index is 0.204. The third kappa shape index (κ3) is 2.09. The summed E-state index contributed by atoms with van der Waals surface area (Å²) >= 11 is 0. The lowest BCUT2D eigenvalue weighted by molar-refractivity contribution is 0.103. The molecule has 1 aromatic carbocycles. The van der Waals surface area contributed by atoms with Crippen LogP contribution in [-0.2, 0) is 0 Å². The summed E-state index contributed by atoms with van der Waals surface area (Å²) in [6.07, 6.45) is 1.67. The van der Waals surface area contributed by atoms with Gasteiger partial charge in [0, 0.05) is 17.6 Å². The lowest BCUT2D eigenvalue weighted by Gasteiger charge is -2.04. The number of rotatable bonds is 3. The summed E-state index contributed by atoms with van der Waals surface area (Å²) in [4.78, 5) is 16.7. The quantitative estimate of drug-likeness (QED) is 0.680. The molecule has 98 valence electrons. The molecule has 0 atom stereocenters. The minimum Gasteiger partial charge on any atom is -0.480 e. The van der Waals surface area contributed by atoms with Gasteiger partial charge in [0.1, 0.15) is 5.69 Å². The van der Waals surface area contributed by atoms with Crippen LogP contribution in [0.4, 0.5) is 0 Å². The van der Waals surface area contributed by atoms with Gasteiger partial charge in [0.2, 0.25) is 11.7 Å². The maximum Gasteiger partial charge on any atom is 0.233 e. The molecule has 2 heterocycles. The zero-order chi connectivity index (χ0) is 13.9. The van der Waals surface area contributed by atoms with Crippen molar-refractivity contribution in [3.8, 4) is 5.88 Å². The van der Waals surface area contributed by atoms with E-state index in [-0.39, 0.29) is 11.5 Å². The van der Waals surface area contributed by atoms with Crippen LogP contribution in [0.15, 0.2) is 48.7 Å². The summed E-state index contributed by atoms with van der Waals surface area (Å²) in [5, 5.41) is 8.61. The van der Waals surface area contributed by atoms with Gasteiger partial charge in [-0.1, -0.05) is 18.2 Å². The smallest absolute Gasteiger partial charge is 0.233 e. The number of ether oxygens (including phenoxy) is 1. The number of fused-ring (bicyclic) bond motifs is 1. The van der Waals surface area contributed by atoms with Gasteiger partial charge in [-0.3, -0.25) is 9.78 Å². The van der Waals surface area contributed by atoms with Gasteiger partial charge in [-0.2, -0.15) is 0 Å². The van der Waals surface area contributed by atoms with Crippen LogP contribution in [0, 0.1) is 0 Å². The number of para-hydroxylation sites is 1. The number of pyridine rings is 1. The molecule has 0 aliphatic carbocycles. The number of carbonyl (C=O) groups is 1. The lowest BCUT2D eigenvalue weighted by Crippen LogP contribution is -2.07. The van der Waals surface area contributed by atoms with Crippen molar-refractivity contribution in [2.75, 3.05) is 7.11 Å². The van der Waals surface area contributed by atoms with Crippen LogP contribution in [0.3, 0.4) is 0 Å². The Balaban J connectivity index is 2.07. The van der Waals surface area contributed by atoms with Gasteiger partial charge in [0.15, 0.2) is 0 Å². The van der Waals surface area contributed by atoms with Crippen LogP contribution in [-0.4, -0.2) is 28.1 Å². The Hall–Kier alpha value is -2.82. The van der Waals surface area contributed by atoms with Gasteiger partial charge < -0.3 is 4.74 Å². The fourth-order valence-corrected chi connectivity index (χ4v) is 1.98. The SMILES string of the molecule is COc1ccc(C(=O)c2cccc3cccnc23)nn1. The molecule has 2 aromatic heterocycles. The van der Waals surface area contributed by atoms with Gasteiger partial charge in [-0.15, -0.1) is 10.2 Å². The van der Waals surface area contributed by atoms with Gasteiger partial charge in [-0.25, -0.2) is 0 Å². The molecule has 3 rings (SSSR count). The molecule has 0 bridgehead atoms. The number of methoxy groups -OCH3 is 1. The van der Waals surface area contributed by atoms with E-state index in [4.69, 9.17) is 4.74 Å². The molecule has 5 nitrogen and oxygen atoms in total. The van der Waals surface area contributed by atoms with Crippen molar-refractivity contribution in [2.24, 2.45) is 0 Å². The molecule has 0 fully saturated rings. The average Bonchev–Trinajstić information content (AvgIpc) is 2.54. The van der Waals surface area contributed by atoms with Crippen LogP contribution in [0.25, 0.3) is 10.9 Å². The molecule has 3 aromatic rings. The van der Waals surface area contributed by atoms with Gasteiger partial charge in [0.05, 0.1) is 18.2 Å². The summed E-state index contributed by atoms with van der Waals surface area (Å²) in [6, 6.07) is 12.4. The fourth-order valence-electron chi connectivity index (χ4n) is 1.98. The van der Waals surface area contributed by atoms with Crippen LogP contribution in [0.2, 0.25) is 0 Å². The summed E-state index contributed by atoms with van der Waals surface area (Å²) in [6.45, 7) is 0. The monoisotopic (exact) mass is 265 g/mol. The Bertz CT molecular complexity index is 764. The number of aromatic nitrogens is 3. The predicted molar refractivity (Wildman–Crippen MR) is 73.8 cm³/mol. The lowest BCUT2D eigenvalue weighted by atomic mass is 10.0. The first-order chi connectivity index (χ1) is 9.79. The molecule has 0 saturated heterocycles. The van der Waals surface area contributed by atoms with Gasteiger partial charge >= 0.3 is 0 Å². The van der Waals surface area contributed by atoms with Gasteiger partial charge in [0.25, 0.3) is 0 Å². The van der Waals surface area contributed by atoms with Crippen LogP contribution < -0.4 is 4.74 Å². The number of carbonyl (C=O) groups excluding carboxylic acids is 1. The van der Waals surface area contributed by atoms with Crippen LogP contribution in [0.5, 0.6) is 5.88 Å². The second-order valence-corrected chi connectivity index (χ2v) is 4.17. The third-order valence-corrected chi connectivity index (χ3v) is 2.96. The highest BCUT2D eigenvalue weighted by molar-refractivity contribution is 6.14. The second-order valence-electron chi connectivity index (χ2n) is 4.17. The zero-order valence-corrected chi connectivity index (χ0v) is 10.8. The highest BCUT2D eigenvalue weighted by Crippen LogP contribution is 2.18. The van der Waals surface area contributed by atoms with E-state index in [1.807, 2.05) is 24.3 Å². The van der Waals surface area contributed by atoms with E-state index in [1.165, 1.54) is 7.11 Å². The normalized spacial score (nSPS) is 10.4. The molecule has 0 amide bonds. The first kappa shape index (κ1) is 12.2. The standard InChI is InChI=1S/C15H11N3O2/c1-20-13-8-7-12(17-18-13)15(19)11-6-2-4-10-5-3-9-16-14(10)11/h2-9H,1H3. The maximum atomic E-state index is 12.5. The molecule has 0 aliphatic heterocycles. The molecule has 0 N–H and O–H groups in total. The van der Waals surface area contributed by atoms with E-state index in [0.717, 1.165) is 5.39 Å². The number of hydrogen-bond donors (Lipinski definition) is 0. The molecular weight excluding hydrogens is 254 g/mol. The van der Waals surface area contributed by atoms with E-state index in [1.54, 1.807) is 24.4 Å². The molecule has 0 spiro atoms. The Labute approximate surface area is 115 Å². The molecule has 0 radical (unpaired) electrons. The molecule has 0 aliphatic rings. The third-order valence-electron chi connectivity index (χ3n) is 2.96. The topological polar surface area (TPSA) is 65.0 Å². The second kappa shape index (κ2) is 5.05. The largest absolute Gasteiger partial charge is 0.480 e.